The van der Waals surface area contributed by atoms with Gasteiger partial charge in [-0.2, -0.15) is 8.78 Å². The Morgan fingerprint density at radius 2 is 2.18 bits per heavy atom. The Kier molecular flexibility index (Phi) is 4.69. The number of carbonyl (C=O) groups is 1. The van der Waals surface area contributed by atoms with Crippen LogP contribution in [0.3, 0.4) is 0 Å². The van der Waals surface area contributed by atoms with Gasteiger partial charge in [0.2, 0.25) is 0 Å². The van der Waals surface area contributed by atoms with Crippen molar-refractivity contribution in [1.82, 2.24) is 5.32 Å². The quantitative estimate of drug-likeness (QED) is 0.622. The van der Waals surface area contributed by atoms with Crippen LogP contribution in [0.25, 0.3) is 0 Å². The Hall–Kier alpha value is -0.710. The van der Waals surface area contributed by atoms with Crippen LogP contribution < -0.4 is 11.1 Å². The third-order valence-electron chi connectivity index (χ3n) is 1.32. The van der Waals surface area contributed by atoms with E-state index < -0.39 is 12.3 Å². The third-order valence-corrected chi connectivity index (χ3v) is 1.32. The molecule has 1 unspecified atom stereocenters. The molecule has 11 heavy (non-hydrogen) atoms. The lowest BCUT2D eigenvalue weighted by Gasteiger charge is -2.13. The van der Waals surface area contributed by atoms with Crippen molar-refractivity contribution in [2.24, 2.45) is 5.73 Å². The molecule has 1 atom stereocenters. The van der Waals surface area contributed by atoms with Gasteiger partial charge >= 0.3 is 6.43 Å². The van der Waals surface area contributed by atoms with Gasteiger partial charge in [0.05, 0.1) is 0 Å². The molecule has 0 aliphatic rings. The van der Waals surface area contributed by atoms with Crippen molar-refractivity contribution in [3.63, 3.8) is 0 Å². The van der Waals surface area contributed by atoms with Crippen LogP contribution in [0.4, 0.5) is 8.78 Å². The monoisotopic (exact) mass is 166 g/mol. The summed E-state index contributed by atoms with van der Waals surface area (Å²) < 4.78 is 23.2. The Morgan fingerprint density at radius 3 is 2.45 bits per heavy atom. The zero-order valence-corrected chi connectivity index (χ0v) is 6.31. The highest BCUT2D eigenvalue weighted by atomic mass is 19.3. The Balaban J connectivity index is 3.72. The van der Waals surface area contributed by atoms with Crippen LogP contribution in [0.2, 0.25) is 0 Å². The molecule has 1 amide bonds. The molecule has 0 aliphatic heterocycles. The second kappa shape index (κ2) is 5.01. The fraction of sp³-hybridized carbons (Fsp3) is 0.833. The van der Waals surface area contributed by atoms with Gasteiger partial charge in [-0.1, -0.05) is 6.92 Å². The van der Waals surface area contributed by atoms with Crippen LogP contribution in [0.5, 0.6) is 0 Å². The SMILES string of the molecule is CCC(CN)NC(=O)C(F)F. The van der Waals surface area contributed by atoms with Gasteiger partial charge in [-0.3, -0.25) is 4.79 Å². The minimum absolute atomic E-state index is 0.189. The molecular formula is C6H12F2N2O. The third kappa shape index (κ3) is 3.87. The van der Waals surface area contributed by atoms with Gasteiger partial charge in [-0.15, -0.1) is 0 Å². The van der Waals surface area contributed by atoms with E-state index in [4.69, 9.17) is 5.73 Å². The summed E-state index contributed by atoms with van der Waals surface area (Å²) in [6.07, 6.45) is -2.38. The minimum atomic E-state index is -2.95. The van der Waals surface area contributed by atoms with E-state index in [0.29, 0.717) is 6.42 Å². The van der Waals surface area contributed by atoms with E-state index in [2.05, 4.69) is 5.32 Å². The summed E-state index contributed by atoms with van der Waals surface area (Å²) in [4.78, 5) is 10.4. The van der Waals surface area contributed by atoms with E-state index in [-0.39, 0.29) is 12.6 Å². The average molecular weight is 166 g/mol. The zero-order valence-electron chi connectivity index (χ0n) is 6.31. The normalized spacial score (nSPS) is 13.2. The standard InChI is InChI=1S/C6H12F2N2O/c1-2-4(3-9)10-6(11)5(7)8/h4-5H,2-3,9H2,1H3,(H,10,11). The second-order valence-corrected chi connectivity index (χ2v) is 2.15. The van der Waals surface area contributed by atoms with Gasteiger partial charge in [0, 0.05) is 12.6 Å². The maximum atomic E-state index is 11.6. The molecule has 0 aromatic heterocycles. The number of nitrogens with one attached hydrogen (secondary N) is 1. The van der Waals surface area contributed by atoms with Gasteiger partial charge < -0.3 is 11.1 Å². The van der Waals surface area contributed by atoms with E-state index in [9.17, 15) is 13.6 Å². The highest BCUT2D eigenvalue weighted by molar-refractivity contribution is 5.79. The largest absolute Gasteiger partial charge is 0.347 e. The lowest BCUT2D eigenvalue weighted by molar-refractivity contribution is -0.132. The van der Waals surface area contributed by atoms with E-state index in [1.54, 1.807) is 6.92 Å². The van der Waals surface area contributed by atoms with Crippen LogP contribution >= 0.6 is 0 Å². The van der Waals surface area contributed by atoms with Gasteiger partial charge in [-0.25, -0.2) is 0 Å². The van der Waals surface area contributed by atoms with Gasteiger partial charge in [-0.05, 0) is 6.42 Å². The molecule has 66 valence electrons. The summed E-state index contributed by atoms with van der Waals surface area (Å²) in [7, 11) is 0. The van der Waals surface area contributed by atoms with Crippen molar-refractivity contribution in [2.45, 2.75) is 25.8 Å². The molecular weight excluding hydrogens is 154 g/mol. The predicted molar refractivity (Wildman–Crippen MR) is 37.3 cm³/mol. The fourth-order valence-electron chi connectivity index (χ4n) is 0.592. The number of hydrogen-bond donors (Lipinski definition) is 2. The van der Waals surface area contributed by atoms with Crippen molar-refractivity contribution < 1.29 is 13.6 Å². The van der Waals surface area contributed by atoms with Crippen molar-refractivity contribution in [3.05, 3.63) is 0 Å². The lowest BCUT2D eigenvalue weighted by atomic mass is 10.2. The molecule has 0 aliphatic carbocycles. The number of halogens is 2. The molecule has 3 nitrogen and oxygen atoms in total. The highest BCUT2D eigenvalue weighted by Gasteiger charge is 2.17. The summed E-state index contributed by atoms with van der Waals surface area (Å²) >= 11 is 0. The minimum Gasteiger partial charge on any atom is -0.347 e. The predicted octanol–water partition coefficient (Wildman–Crippen LogP) is 0.105. The smallest absolute Gasteiger partial charge is 0.315 e. The summed E-state index contributed by atoms with van der Waals surface area (Å²) in [5, 5.41) is 2.10. The van der Waals surface area contributed by atoms with E-state index in [1.165, 1.54) is 0 Å². The molecule has 0 radical (unpaired) electrons. The zero-order chi connectivity index (χ0) is 8.85. The number of alkyl halides is 2. The fourth-order valence-corrected chi connectivity index (χ4v) is 0.592. The summed E-state index contributed by atoms with van der Waals surface area (Å²) in [6.45, 7) is 1.96. The average Bonchev–Trinajstić information content (AvgIpc) is 1.99. The van der Waals surface area contributed by atoms with Gasteiger partial charge in [0.25, 0.3) is 5.91 Å². The Morgan fingerprint density at radius 1 is 1.64 bits per heavy atom. The molecule has 0 heterocycles. The molecule has 3 N–H and O–H groups in total. The molecule has 0 saturated carbocycles. The van der Waals surface area contributed by atoms with Crippen LogP contribution in [0.15, 0.2) is 0 Å². The maximum absolute atomic E-state index is 11.6. The number of nitrogens with two attached hydrogens (primary N) is 1. The first kappa shape index (κ1) is 10.3. The molecule has 0 bridgehead atoms. The molecule has 0 rings (SSSR count). The lowest BCUT2D eigenvalue weighted by Crippen LogP contribution is -2.42. The summed E-state index contributed by atoms with van der Waals surface area (Å²) in [6, 6.07) is -0.337. The van der Waals surface area contributed by atoms with Crippen molar-refractivity contribution in [2.75, 3.05) is 6.54 Å². The Labute approximate surface area is 63.9 Å². The van der Waals surface area contributed by atoms with Gasteiger partial charge in [0.1, 0.15) is 0 Å². The van der Waals surface area contributed by atoms with Crippen LogP contribution in [-0.2, 0) is 4.79 Å². The first-order valence-electron chi connectivity index (χ1n) is 3.40. The Bertz CT molecular complexity index is 126. The van der Waals surface area contributed by atoms with E-state index >= 15 is 0 Å². The second-order valence-electron chi connectivity index (χ2n) is 2.15. The number of hydrogen-bond acceptors (Lipinski definition) is 2. The molecule has 5 heteroatoms. The van der Waals surface area contributed by atoms with Crippen LogP contribution in [-0.4, -0.2) is 24.9 Å². The summed E-state index contributed by atoms with van der Waals surface area (Å²) in [5.74, 6) is -1.25. The molecule has 0 fully saturated rings. The molecule has 0 aromatic rings. The molecule has 0 spiro atoms. The van der Waals surface area contributed by atoms with E-state index in [1.807, 2.05) is 0 Å². The summed E-state index contributed by atoms with van der Waals surface area (Å²) in [5.41, 5.74) is 5.17. The van der Waals surface area contributed by atoms with Gasteiger partial charge in [0.15, 0.2) is 0 Å². The van der Waals surface area contributed by atoms with Crippen LogP contribution in [0.1, 0.15) is 13.3 Å². The first-order valence-corrected chi connectivity index (χ1v) is 3.40. The highest BCUT2D eigenvalue weighted by Crippen LogP contribution is 1.94. The maximum Gasteiger partial charge on any atom is 0.315 e. The first-order chi connectivity index (χ1) is 5.11. The molecule has 0 aromatic carbocycles. The number of carbonyl (C=O) groups excluding carboxylic acids is 1. The van der Waals surface area contributed by atoms with Crippen molar-refractivity contribution in [1.29, 1.82) is 0 Å². The van der Waals surface area contributed by atoms with Crippen molar-refractivity contribution in [3.8, 4) is 0 Å². The number of rotatable bonds is 4. The topological polar surface area (TPSA) is 55.1 Å². The molecule has 0 saturated heterocycles. The van der Waals surface area contributed by atoms with E-state index in [0.717, 1.165) is 0 Å². The van der Waals surface area contributed by atoms with Crippen LogP contribution in [0, 0.1) is 0 Å². The van der Waals surface area contributed by atoms with Crippen molar-refractivity contribution >= 4 is 5.91 Å². The number of amides is 1.